The minimum Gasteiger partial charge on any atom is -0.399 e. The molecule has 15 heavy (non-hydrogen) atoms. The topological polar surface area (TPSA) is 29.3 Å². The molecule has 2 nitrogen and oxygen atoms in total. The Kier molecular flexibility index (Phi) is 2.70. The molecule has 0 aliphatic heterocycles. The van der Waals surface area contributed by atoms with Crippen molar-refractivity contribution >= 4 is 5.69 Å². The van der Waals surface area contributed by atoms with Gasteiger partial charge in [-0.25, -0.2) is 0 Å². The molecule has 2 rings (SSSR count). The Morgan fingerprint density at radius 3 is 2.73 bits per heavy atom. The number of anilines is 1. The molecule has 0 spiro atoms. The zero-order valence-corrected chi connectivity index (χ0v) is 9.83. The monoisotopic (exact) mass is 204 g/mol. The molecule has 0 fully saturated rings. The van der Waals surface area contributed by atoms with Gasteiger partial charge in [0.25, 0.3) is 0 Å². The van der Waals surface area contributed by atoms with Crippen LogP contribution in [0.5, 0.6) is 0 Å². The quantitative estimate of drug-likeness (QED) is 0.711. The van der Waals surface area contributed by atoms with E-state index in [2.05, 4.69) is 38.1 Å². The lowest BCUT2D eigenvalue weighted by Crippen LogP contribution is -2.36. The van der Waals surface area contributed by atoms with Crippen LogP contribution in [-0.4, -0.2) is 25.0 Å². The van der Waals surface area contributed by atoms with Crippen molar-refractivity contribution < 1.29 is 0 Å². The number of nitrogens with zero attached hydrogens (tertiary/aromatic N) is 1. The van der Waals surface area contributed by atoms with Crippen molar-refractivity contribution in [3.8, 4) is 0 Å². The number of hydrogen-bond acceptors (Lipinski definition) is 2. The summed E-state index contributed by atoms with van der Waals surface area (Å²) in [4.78, 5) is 2.34. The van der Waals surface area contributed by atoms with Crippen LogP contribution in [-0.2, 0) is 6.42 Å². The van der Waals surface area contributed by atoms with Gasteiger partial charge in [0.1, 0.15) is 0 Å². The first kappa shape index (κ1) is 10.5. The van der Waals surface area contributed by atoms with E-state index >= 15 is 0 Å². The number of hydrogen-bond donors (Lipinski definition) is 1. The number of rotatable bonds is 1. The lowest BCUT2D eigenvalue weighted by molar-refractivity contribution is 0.237. The van der Waals surface area contributed by atoms with E-state index in [-0.39, 0.29) is 0 Å². The predicted octanol–water partition coefficient (Wildman–Crippen LogP) is 2.25. The van der Waals surface area contributed by atoms with Gasteiger partial charge < -0.3 is 10.6 Å². The Labute approximate surface area is 92.1 Å². The van der Waals surface area contributed by atoms with Gasteiger partial charge in [-0.15, -0.1) is 0 Å². The molecule has 82 valence electrons. The minimum atomic E-state index is 0.615. The van der Waals surface area contributed by atoms with E-state index in [0.717, 1.165) is 12.1 Å². The molecule has 2 N–H and O–H groups in total. The molecule has 1 aliphatic carbocycles. The molecule has 1 aromatic rings. The van der Waals surface area contributed by atoms with Crippen LogP contribution in [0.15, 0.2) is 18.2 Å². The molecule has 0 bridgehead atoms. The molecule has 0 radical (unpaired) electrons. The summed E-state index contributed by atoms with van der Waals surface area (Å²) in [6.07, 6.45) is 2.40. The van der Waals surface area contributed by atoms with E-state index in [1.165, 1.54) is 17.5 Å². The molecule has 1 aliphatic rings. The van der Waals surface area contributed by atoms with Crippen molar-refractivity contribution in [3.63, 3.8) is 0 Å². The van der Waals surface area contributed by atoms with Crippen LogP contribution in [0, 0.1) is 0 Å². The highest BCUT2D eigenvalue weighted by Crippen LogP contribution is 2.34. The first-order valence-corrected chi connectivity index (χ1v) is 5.64. The van der Waals surface area contributed by atoms with E-state index in [0.29, 0.717) is 12.0 Å². The number of fused-ring (bicyclic) bond motifs is 1. The first-order chi connectivity index (χ1) is 7.09. The van der Waals surface area contributed by atoms with Crippen LogP contribution >= 0.6 is 0 Å². The third kappa shape index (κ3) is 1.86. The van der Waals surface area contributed by atoms with E-state index < -0.39 is 0 Å². The van der Waals surface area contributed by atoms with E-state index in [1.807, 2.05) is 6.07 Å². The summed E-state index contributed by atoms with van der Waals surface area (Å²) in [5, 5.41) is 0. The van der Waals surface area contributed by atoms with Gasteiger partial charge in [0, 0.05) is 11.7 Å². The van der Waals surface area contributed by atoms with Crippen LogP contribution < -0.4 is 5.73 Å². The summed E-state index contributed by atoms with van der Waals surface area (Å²) in [7, 11) is 4.34. The third-order valence-corrected chi connectivity index (χ3v) is 3.61. The molecular formula is C13H20N2. The van der Waals surface area contributed by atoms with Gasteiger partial charge >= 0.3 is 0 Å². The maximum absolute atomic E-state index is 5.81. The fraction of sp³-hybridized carbons (Fsp3) is 0.538. The second-order valence-electron chi connectivity index (χ2n) is 4.82. The molecule has 2 heteroatoms. The second-order valence-corrected chi connectivity index (χ2v) is 4.82. The summed E-state index contributed by atoms with van der Waals surface area (Å²) in [5.41, 5.74) is 9.63. The zero-order chi connectivity index (χ0) is 11.0. The molecule has 0 amide bonds. The predicted molar refractivity (Wildman–Crippen MR) is 65.1 cm³/mol. The van der Waals surface area contributed by atoms with Crippen LogP contribution in [0.3, 0.4) is 0 Å². The maximum atomic E-state index is 5.81. The summed E-state index contributed by atoms with van der Waals surface area (Å²) >= 11 is 0. The number of benzene rings is 1. The van der Waals surface area contributed by atoms with Gasteiger partial charge in [0.05, 0.1) is 0 Å². The number of nitrogens with two attached hydrogens (primary N) is 1. The molecule has 0 saturated carbocycles. The van der Waals surface area contributed by atoms with E-state index in [4.69, 9.17) is 5.73 Å². The van der Waals surface area contributed by atoms with Crippen molar-refractivity contribution in [1.29, 1.82) is 0 Å². The molecular weight excluding hydrogens is 184 g/mol. The number of aryl methyl sites for hydroxylation is 1. The Balaban J connectivity index is 2.34. The minimum absolute atomic E-state index is 0.615. The van der Waals surface area contributed by atoms with Crippen molar-refractivity contribution in [2.24, 2.45) is 0 Å². The highest BCUT2D eigenvalue weighted by molar-refractivity contribution is 5.47. The fourth-order valence-electron chi connectivity index (χ4n) is 2.75. The van der Waals surface area contributed by atoms with Gasteiger partial charge in [-0.05, 0) is 56.1 Å². The van der Waals surface area contributed by atoms with E-state index in [9.17, 15) is 0 Å². The van der Waals surface area contributed by atoms with Crippen molar-refractivity contribution in [2.75, 3.05) is 19.8 Å². The summed E-state index contributed by atoms with van der Waals surface area (Å²) < 4.78 is 0. The van der Waals surface area contributed by atoms with Crippen LogP contribution in [0.1, 0.15) is 30.4 Å². The van der Waals surface area contributed by atoms with Crippen molar-refractivity contribution in [3.05, 3.63) is 29.3 Å². The second kappa shape index (κ2) is 3.86. The Bertz CT molecular complexity index is 358. The Morgan fingerprint density at radius 2 is 2.07 bits per heavy atom. The average Bonchev–Trinajstić information content (AvgIpc) is 2.17. The summed E-state index contributed by atoms with van der Waals surface area (Å²) in [6.45, 7) is 2.32. The van der Waals surface area contributed by atoms with Crippen LogP contribution in [0.2, 0.25) is 0 Å². The van der Waals surface area contributed by atoms with E-state index in [1.54, 1.807) is 0 Å². The average molecular weight is 204 g/mol. The van der Waals surface area contributed by atoms with Gasteiger partial charge in [0.15, 0.2) is 0 Å². The Hall–Kier alpha value is -1.02. The van der Waals surface area contributed by atoms with Gasteiger partial charge in [-0.2, -0.15) is 0 Å². The number of likely N-dealkylation sites (N-methyl/N-ethyl adjacent to an activating group) is 1. The first-order valence-electron chi connectivity index (χ1n) is 5.64. The smallest absolute Gasteiger partial charge is 0.0316 e. The molecule has 0 saturated heterocycles. The summed E-state index contributed by atoms with van der Waals surface area (Å²) in [6, 6.07) is 7.02. The normalized spacial score (nSPS) is 25.3. The van der Waals surface area contributed by atoms with Gasteiger partial charge in [-0.1, -0.05) is 13.0 Å². The molecule has 2 atom stereocenters. The van der Waals surface area contributed by atoms with Crippen molar-refractivity contribution in [1.82, 2.24) is 4.90 Å². The lowest BCUT2D eigenvalue weighted by Gasteiger charge is -2.35. The van der Waals surface area contributed by atoms with Gasteiger partial charge in [0.2, 0.25) is 0 Å². The maximum Gasteiger partial charge on any atom is 0.0316 e. The van der Waals surface area contributed by atoms with Crippen LogP contribution in [0.4, 0.5) is 5.69 Å². The zero-order valence-electron chi connectivity index (χ0n) is 9.83. The lowest BCUT2D eigenvalue weighted by atomic mass is 9.79. The standard InChI is InChI=1S/C13H20N2/c1-9-12-6-5-11(14)8-10(12)4-7-13(9)15(2)3/h5-6,8-9,13H,4,7,14H2,1-3H3. The summed E-state index contributed by atoms with van der Waals surface area (Å²) in [5.74, 6) is 0.615. The van der Waals surface area contributed by atoms with Crippen molar-refractivity contribution in [2.45, 2.75) is 31.7 Å². The highest BCUT2D eigenvalue weighted by atomic mass is 15.1. The van der Waals surface area contributed by atoms with Crippen LogP contribution in [0.25, 0.3) is 0 Å². The number of nitrogen functional groups attached to an aromatic ring is 1. The molecule has 2 unspecified atom stereocenters. The molecule has 0 heterocycles. The van der Waals surface area contributed by atoms with Gasteiger partial charge in [-0.3, -0.25) is 0 Å². The largest absolute Gasteiger partial charge is 0.399 e. The third-order valence-electron chi connectivity index (χ3n) is 3.61. The highest BCUT2D eigenvalue weighted by Gasteiger charge is 2.27. The Morgan fingerprint density at radius 1 is 1.33 bits per heavy atom. The fourth-order valence-corrected chi connectivity index (χ4v) is 2.75. The SMILES string of the molecule is CC1c2ccc(N)cc2CCC1N(C)C. The molecule has 1 aromatic carbocycles. The molecule has 0 aromatic heterocycles.